The second kappa shape index (κ2) is 12.8. The molecule has 0 aromatic carbocycles. The minimum absolute atomic E-state index is 0.617. The monoisotopic (exact) mass is 545 g/mol. The number of aliphatic hydroxyl groups is 10. The second-order valence-corrected chi connectivity index (χ2v) is 9.11. The van der Waals surface area contributed by atoms with Crippen molar-refractivity contribution in [2.45, 2.75) is 99.0 Å². The van der Waals surface area contributed by atoms with Crippen molar-refractivity contribution in [2.75, 3.05) is 19.8 Å². The van der Waals surface area contributed by atoms with Crippen LogP contribution < -0.4 is 5.32 Å². The van der Waals surface area contributed by atoms with Crippen LogP contribution in [0.2, 0.25) is 0 Å². The molecule has 0 unspecified atom stereocenters. The molecule has 3 aliphatic rings. The van der Waals surface area contributed by atoms with Gasteiger partial charge in [0.1, 0.15) is 73.2 Å². The highest BCUT2D eigenvalue weighted by Crippen LogP contribution is 2.30. The molecule has 37 heavy (non-hydrogen) atoms. The lowest BCUT2D eigenvalue weighted by molar-refractivity contribution is -0.355. The summed E-state index contributed by atoms with van der Waals surface area (Å²) in [5.74, 6) is -0.620. The number of hydrogen-bond donors (Lipinski definition) is 11. The van der Waals surface area contributed by atoms with E-state index in [0.29, 0.717) is 0 Å². The van der Waals surface area contributed by atoms with Crippen LogP contribution in [0.1, 0.15) is 6.92 Å². The number of hydrogen-bond acceptors (Lipinski definition) is 16. The first-order valence-corrected chi connectivity index (χ1v) is 11.6. The van der Waals surface area contributed by atoms with Gasteiger partial charge in [-0.15, -0.1) is 0 Å². The fourth-order valence-corrected chi connectivity index (χ4v) is 4.36. The van der Waals surface area contributed by atoms with Gasteiger partial charge < -0.3 is 80.1 Å². The van der Waals surface area contributed by atoms with Gasteiger partial charge in [-0.1, -0.05) is 0 Å². The molecule has 0 aromatic rings. The van der Waals surface area contributed by atoms with Gasteiger partial charge in [-0.05, 0) is 0 Å². The minimum Gasteiger partial charge on any atom is -0.394 e. The third-order valence-corrected chi connectivity index (χ3v) is 6.48. The van der Waals surface area contributed by atoms with Crippen LogP contribution >= 0.6 is 0 Å². The zero-order chi connectivity index (χ0) is 27.6. The molecule has 0 bridgehead atoms. The molecule has 1 amide bonds. The smallest absolute Gasteiger partial charge is 0.217 e. The summed E-state index contributed by atoms with van der Waals surface area (Å²) in [7, 11) is 0. The van der Waals surface area contributed by atoms with Crippen LogP contribution in [0.15, 0.2) is 0 Å². The average Bonchev–Trinajstić information content (AvgIpc) is 2.86. The van der Waals surface area contributed by atoms with E-state index in [0.717, 1.165) is 6.92 Å². The Bertz CT molecular complexity index is 745. The van der Waals surface area contributed by atoms with Gasteiger partial charge in [0.05, 0.1) is 19.8 Å². The maximum absolute atomic E-state index is 11.4. The Kier molecular flexibility index (Phi) is 10.5. The van der Waals surface area contributed by atoms with Gasteiger partial charge in [0.2, 0.25) is 5.91 Å². The predicted molar refractivity (Wildman–Crippen MR) is 113 cm³/mol. The summed E-state index contributed by atoms with van der Waals surface area (Å²) in [5, 5.41) is 103. The number of carbonyl (C=O) groups is 1. The highest BCUT2D eigenvalue weighted by Gasteiger charge is 2.51. The molecule has 3 heterocycles. The van der Waals surface area contributed by atoms with E-state index in [-0.39, 0.29) is 0 Å². The third-order valence-electron chi connectivity index (χ3n) is 6.48. The maximum Gasteiger partial charge on any atom is 0.217 e. The van der Waals surface area contributed by atoms with Gasteiger partial charge in [0, 0.05) is 6.92 Å². The van der Waals surface area contributed by atoms with Gasteiger partial charge in [0.15, 0.2) is 18.9 Å². The van der Waals surface area contributed by atoms with E-state index in [4.69, 9.17) is 23.7 Å². The Balaban J connectivity index is 1.69. The van der Waals surface area contributed by atoms with Gasteiger partial charge in [-0.25, -0.2) is 0 Å². The van der Waals surface area contributed by atoms with Crippen molar-refractivity contribution in [3.63, 3.8) is 0 Å². The molecule has 0 aliphatic carbocycles. The van der Waals surface area contributed by atoms with Gasteiger partial charge in [0.25, 0.3) is 0 Å². The lowest BCUT2D eigenvalue weighted by atomic mass is 9.95. The van der Waals surface area contributed by atoms with Gasteiger partial charge >= 0.3 is 0 Å². The predicted octanol–water partition coefficient (Wildman–Crippen LogP) is -7.43. The lowest BCUT2D eigenvalue weighted by Crippen LogP contribution is -2.67. The first-order chi connectivity index (χ1) is 17.4. The van der Waals surface area contributed by atoms with E-state index in [1.165, 1.54) is 0 Å². The molecule has 3 fully saturated rings. The van der Waals surface area contributed by atoms with Crippen LogP contribution in [-0.2, 0) is 28.5 Å². The van der Waals surface area contributed by atoms with Crippen molar-refractivity contribution in [2.24, 2.45) is 0 Å². The highest BCUT2D eigenvalue weighted by molar-refractivity contribution is 5.73. The molecule has 0 radical (unpaired) electrons. The zero-order valence-electron chi connectivity index (χ0n) is 19.7. The number of nitrogens with one attached hydrogen (secondary N) is 1. The van der Waals surface area contributed by atoms with Crippen LogP contribution in [0.4, 0.5) is 0 Å². The summed E-state index contributed by atoms with van der Waals surface area (Å²) in [4.78, 5) is 11.4. The topological polar surface area (TPSA) is 278 Å². The lowest BCUT2D eigenvalue weighted by Gasteiger charge is -2.46. The largest absolute Gasteiger partial charge is 0.394 e. The number of rotatable bonds is 8. The summed E-state index contributed by atoms with van der Waals surface area (Å²) >= 11 is 0. The quantitative estimate of drug-likeness (QED) is 0.135. The molecule has 11 N–H and O–H groups in total. The van der Waals surface area contributed by atoms with Crippen molar-refractivity contribution < 1.29 is 79.5 Å². The van der Waals surface area contributed by atoms with E-state index in [9.17, 15) is 55.9 Å². The fraction of sp³-hybridized carbons (Fsp3) is 0.950. The second-order valence-electron chi connectivity index (χ2n) is 9.11. The summed E-state index contributed by atoms with van der Waals surface area (Å²) in [6, 6.07) is -1.38. The minimum atomic E-state index is -1.88. The molecule has 0 saturated carbocycles. The van der Waals surface area contributed by atoms with Crippen molar-refractivity contribution in [1.29, 1.82) is 0 Å². The van der Waals surface area contributed by atoms with Gasteiger partial charge in [-0.2, -0.15) is 0 Å². The fourth-order valence-electron chi connectivity index (χ4n) is 4.36. The summed E-state index contributed by atoms with van der Waals surface area (Å²) < 4.78 is 26.8. The summed E-state index contributed by atoms with van der Waals surface area (Å²) in [6.07, 6.45) is -22.9. The first-order valence-electron chi connectivity index (χ1n) is 11.6. The summed E-state index contributed by atoms with van der Waals surface area (Å²) in [6.45, 7) is -0.962. The van der Waals surface area contributed by atoms with Crippen molar-refractivity contribution in [3.8, 4) is 0 Å². The number of ether oxygens (including phenoxy) is 5. The molecule has 3 aliphatic heterocycles. The Morgan fingerprint density at radius 2 is 1.24 bits per heavy atom. The number of amides is 1. The van der Waals surface area contributed by atoms with Gasteiger partial charge in [-0.3, -0.25) is 4.79 Å². The molecule has 0 spiro atoms. The third kappa shape index (κ3) is 6.55. The molecule has 216 valence electrons. The van der Waals surface area contributed by atoms with Crippen LogP contribution in [0.3, 0.4) is 0 Å². The molecule has 15 atom stereocenters. The highest BCUT2D eigenvalue weighted by atomic mass is 16.7. The Hall–Kier alpha value is -1.13. The van der Waals surface area contributed by atoms with E-state index < -0.39 is 118 Å². The van der Waals surface area contributed by atoms with Crippen LogP contribution in [0, 0.1) is 0 Å². The van der Waals surface area contributed by atoms with E-state index in [1.54, 1.807) is 0 Å². The Labute approximate surface area is 210 Å². The van der Waals surface area contributed by atoms with Crippen LogP contribution in [0.25, 0.3) is 0 Å². The van der Waals surface area contributed by atoms with Crippen molar-refractivity contribution in [3.05, 3.63) is 0 Å². The molecule has 17 heteroatoms. The SMILES string of the molecule is CC(=O)N[C@@H]1[C@H](O)[C@H](O[C@@H]2O[C@H](CO[C@H]3O[C@H](CO)[C@@H](O)[C@@H](O)[C@@H]3O)[C@@H](O)[C@@H](O)[C@H]2O)[C@@H](CO)O[C@H]1O. The molecular formula is C20H35NO16. The molecule has 3 rings (SSSR count). The first kappa shape index (κ1) is 30.4. The number of aliphatic hydroxyl groups excluding tert-OH is 10. The van der Waals surface area contributed by atoms with Crippen molar-refractivity contribution >= 4 is 5.91 Å². The Morgan fingerprint density at radius 1 is 0.703 bits per heavy atom. The number of carbonyl (C=O) groups excluding carboxylic acids is 1. The Morgan fingerprint density at radius 3 is 1.81 bits per heavy atom. The molecule has 17 nitrogen and oxygen atoms in total. The van der Waals surface area contributed by atoms with E-state index in [1.807, 2.05) is 0 Å². The molecular weight excluding hydrogens is 510 g/mol. The van der Waals surface area contributed by atoms with Crippen LogP contribution in [0.5, 0.6) is 0 Å². The summed E-state index contributed by atoms with van der Waals surface area (Å²) in [5.41, 5.74) is 0. The van der Waals surface area contributed by atoms with Crippen LogP contribution in [-0.4, -0.2) is 169 Å². The average molecular weight is 545 g/mol. The van der Waals surface area contributed by atoms with E-state index >= 15 is 0 Å². The van der Waals surface area contributed by atoms with E-state index in [2.05, 4.69) is 5.32 Å². The standard InChI is InChI=1S/C20H35NO16/c1-5(24)21-9-12(27)17(7(3-23)34-18(9)32)37-20-16(31)14(29)11(26)8(36-20)4-33-19-15(30)13(28)10(25)6(2-22)35-19/h6-20,22-23,25-32H,2-4H2,1H3,(H,21,24)/t6-,7-,8-,9-,10-,11-,12+,13-,14-,15+,16-,17-,18-,19+,20+/m1/s1. The van der Waals surface area contributed by atoms with Crippen molar-refractivity contribution in [1.82, 2.24) is 5.32 Å². The normalized spacial score (nSPS) is 49.0. The molecule has 3 saturated heterocycles. The zero-order valence-corrected chi connectivity index (χ0v) is 19.7. The molecule has 0 aromatic heterocycles. The maximum atomic E-state index is 11.4.